The van der Waals surface area contributed by atoms with Gasteiger partial charge in [0.05, 0.1) is 11.3 Å². The number of pyridine rings is 1. The van der Waals surface area contributed by atoms with Crippen LogP contribution >= 0.6 is 0 Å². The number of halogens is 3. The molecule has 2 heterocycles. The predicted octanol–water partition coefficient (Wildman–Crippen LogP) is 5.20. The molecule has 1 amide bonds. The molecule has 0 fully saturated rings. The molecule has 0 unspecified atom stereocenters. The number of aromatic nitrogens is 3. The van der Waals surface area contributed by atoms with Gasteiger partial charge >= 0.3 is 6.18 Å². The Kier molecular flexibility index (Phi) is 7.63. The van der Waals surface area contributed by atoms with Crippen molar-refractivity contribution in [1.29, 1.82) is 0 Å². The van der Waals surface area contributed by atoms with Crippen LogP contribution in [0.2, 0.25) is 0 Å². The molecule has 4 rings (SSSR count). The van der Waals surface area contributed by atoms with Gasteiger partial charge in [0.1, 0.15) is 24.5 Å². The summed E-state index contributed by atoms with van der Waals surface area (Å²) >= 11 is 0. The van der Waals surface area contributed by atoms with E-state index in [0.717, 1.165) is 23.3 Å². The number of carbonyl (C=O) groups is 1. The Hall–Kier alpha value is -4.51. The van der Waals surface area contributed by atoms with Crippen molar-refractivity contribution in [2.45, 2.75) is 13.1 Å². The summed E-state index contributed by atoms with van der Waals surface area (Å²) in [5.74, 6) is -0.125. The van der Waals surface area contributed by atoms with Crippen LogP contribution in [0.15, 0.2) is 73.3 Å². The highest BCUT2D eigenvalue weighted by Gasteiger charge is 2.31. The van der Waals surface area contributed by atoms with Crippen molar-refractivity contribution >= 4 is 23.1 Å². The molecule has 0 saturated carbocycles. The van der Waals surface area contributed by atoms with Gasteiger partial charge in [-0.1, -0.05) is 6.07 Å². The molecule has 11 heteroatoms. The predicted molar refractivity (Wildman–Crippen MR) is 134 cm³/mol. The molecule has 4 aromatic rings. The van der Waals surface area contributed by atoms with E-state index in [1.807, 2.05) is 13.0 Å². The van der Waals surface area contributed by atoms with E-state index in [-0.39, 0.29) is 30.2 Å². The molecule has 0 atom stereocenters. The number of hydrogen-bond donors (Lipinski definition) is 3. The van der Waals surface area contributed by atoms with Crippen molar-refractivity contribution < 1.29 is 22.7 Å². The second-order valence-corrected chi connectivity index (χ2v) is 7.98. The van der Waals surface area contributed by atoms with Crippen LogP contribution < -0.4 is 21.1 Å². The second kappa shape index (κ2) is 11.0. The van der Waals surface area contributed by atoms with Crippen molar-refractivity contribution in [2.75, 3.05) is 23.8 Å². The van der Waals surface area contributed by atoms with Crippen LogP contribution in [0.1, 0.15) is 21.5 Å². The molecule has 0 aliphatic carbocycles. The van der Waals surface area contributed by atoms with Crippen molar-refractivity contribution in [3.63, 3.8) is 0 Å². The number of benzene rings is 2. The molecule has 37 heavy (non-hydrogen) atoms. The third-order valence-electron chi connectivity index (χ3n) is 5.30. The van der Waals surface area contributed by atoms with Crippen LogP contribution in [0.4, 0.5) is 30.4 Å². The zero-order chi connectivity index (χ0) is 26.4. The topological polar surface area (TPSA) is 115 Å². The van der Waals surface area contributed by atoms with Gasteiger partial charge in [0.15, 0.2) is 0 Å². The number of nitrogens with two attached hydrogens (primary N) is 1. The highest BCUT2D eigenvalue weighted by Crippen LogP contribution is 2.34. The molecular formula is C26H23F3N6O2. The van der Waals surface area contributed by atoms with E-state index in [1.165, 1.54) is 12.4 Å². The van der Waals surface area contributed by atoms with Gasteiger partial charge in [0.2, 0.25) is 0 Å². The number of alkyl halides is 3. The molecular weight excluding hydrogens is 485 g/mol. The van der Waals surface area contributed by atoms with Gasteiger partial charge in [-0.15, -0.1) is 0 Å². The van der Waals surface area contributed by atoms with Crippen molar-refractivity contribution in [3.8, 4) is 17.0 Å². The Morgan fingerprint density at radius 2 is 1.89 bits per heavy atom. The maximum atomic E-state index is 13.4. The number of nitrogens with one attached hydrogen (secondary N) is 2. The van der Waals surface area contributed by atoms with Gasteiger partial charge in [-0.05, 0) is 55.0 Å². The summed E-state index contributed by atoms with van der Waals surface area (Å²) in [4.78, 5) is 25.6. The standard InChI is InChI=1S/C26H23F3N6O2/c1-16-4-5-17(11-23(16)35-24-21(3-2-8-32-24)22-6-9-31-15-33-22)25(36)34-19-12-18(26(27,28)29)13-20(14-19)37-10-7-30/h2-6,8-9,11-15H,7,10,30H2,1H3,(H,32,35)(H,34,36). The maximum absolute atomic E-state index is 13.4. The lowest BCUT2D eigenvalue weighted by atomic mass is 10.1. The summed E-state index contributed by atoms with van der Waals surface area (Å²) in [6, 6.07) is 13.3. The zero-order valence-corrected chi connectivity index (χ0v) is 19.7. The first-order valence-corrected chi connectivity index (χ1v) is 11.2. The van der Waals surface area contributed by atoms with Gasteiger partial charge in [-0.2, -0.15) is 13.2 Å². The summed E-state index contributed by atoms with van der Waals surface area (Å²) in [6.07, 6.45) is 0.0572. The second-order valence-electron chi connectivity index (χ2n) is 7.98. The fourth-order valence-corrected chi connectivity index (χ4v) is 3.49. The number of ether oxygens (including phenoxy) is 1. The van der Waals surface area contributed by atoms with E-state index in [9.17, 15) is 18.0 Å². The fourth-order valence-electron chi connectivity index (χ4n) is 3.49. The molecule has 0 bridgehead atoms. The molecule has 0 saturated heterocycles. The molecule has 0 radical (unpaired) electrons. The Bertz CT molecular complexity index is 1400. The van der Waals surface area contributed by atoms with E-state index in [4.69, 9.17) is 10.5 Å². The van der Waals surface area contributed by atoms with Crippen LogP contribution in [-0.2, 0) is 6.18 Å². The number of anilines is 3. The van der Waals surface area contributed by atoms with Crippen molar-refractivity contribution in [3.05, 3.63) is 90.0 Å². The number of aryl methyl sites for hydroxylation is 1. The molecule has 0 aliphatic heterocycles. The van der Waals surface area contributed by atoms with Crippen molar-refractivity contribution in [1.82, 2.24) is 15.0 Å². The summed E-state index contributed by atoms with van der Waals surface area (Å²) in [5.41, 5.74) is 7.42. The Labute approximate surface area is 210 Å². The quantitative estimate of drug-likeness (QED) is 0.300. The molecule has 2 aromatic carbocycles. The van der Waals surface area contributed by atoms with E-state index in [1.54, 1.807) is 42.7 Å². The van der Waals surface area contributed by atoms with Gasteiger partial charge in [-0.25, -0.2) is 15.0 Å². The van der Waals surface area contributed by atoms with Crippen LogP contribution in [0.5, 0.6) is 5.75 Å². The average Bonchev–Trinajstić information content (AvgIpc) is 2.89. The van der Waals surface area contributed by atoms with Gasteiger partial charge in [-0.3, -0.25) is 4.79 Å². The Morgan fingerprint density at radius 3 is 2.62 bits per heavy atom. The summed E-state index contributed by atoms with van der Waals surface area (Å²) < 4.78 is 45.4. The van der Waals surface area contributed by atoms with Gasteiger partial charge < -0.3 is 21.1 Å². The minimum absolute atomic E-state index is 0.0339. The van der Waals surface area contributed by atoms with E-state index in [0.29, 0.717) is 17.2 Å². The first kappa shape index (κ1) is 25.6. The van der Waals surface area contributed by atoms with E-state index < -0.39 is 17.6 Å². The first-order chi connectivity index (χ1) is 17.7. The minimum atomic E-state index is -4.62. The molecule has 190 valence electrons. The molecule has 0 spiro atoms. The van der Waals surface area contributed by atoms with Gasteiger partial charge in [0, 0.05) is 47.5 Å². The summed E-state index contributed by atoms with van der Waals surface area (Å²) in [7, 11) is 0. The first-order valence-electron chi connectivity index (χ1n) is 11.2. The zero-order valence-electron chi connectivity index (χ0n) is 19.7. The molecule has 4 N–H and O–H groups in total. The highest BCUT2D eigenvalue weighted by atomic mass is 19.4. The fraction of sp³-hybridized carbons (Fsp3) is 0.154. The number of nitrogens with zero attached hydrogens (tertiary/aromatic N) is 3. The minimum Gasteiger partial charge on any atom is -0.492 e. The van der Waals surface area contributed by atoms with Gasteiger partial charge in [0.25, 0.3) is 5.91 Å². The third kappa shape index (κ3) is 6.39. The van der Waals surface area contributed by atoms with E-state index >= 15 is 0 Å². The number of amides is 1. The SMILES string of the molecule is Cc1ccc(C(=O)Nc2cc(OCCN)cc(C(F)(F)F)c2)cc1Nc1ncccc1-c1ccncn1. The molecule has 0 aliphatic rings. The maximum Gasteiger partial charge on any atom is 0.416 e. The normalized spacial score (nSPS) is 11.2. The number of carbonyl (C=O) groups excluding carboxylic acids is 1. The van der Waals surface area contributed by atoms with Crippen LogP contribution in [-0.4, -0.2) is 34.0 Å². The lowest BCUT2D eigenvalue weighted by Crippen LogP contribution is -2.15. The van der Waals surface area contributed by atoms with Crippen molar-refractivity contribution in [2.24, 2.45) is 5.73 Å². The number of hydrogen-bond acceptors (Lipinski definition) is 7. The average molecular weight is 509 g/mol. The molecule has 2 aromatic heterocycles. The van der Waals surface area contributed by atoms with Crippen LogP contribution in [0, 0.1) is 6.92 Å². The smallest absolute Gasteiger partial charge is 0.416 e. The summed E-state index contributed by atoms with van der Waals surface area (Å²) in [6.45, 7) is 2.02. The van der Waals surface area contributed by atoms with Crippen LogP contribution in [0.25, 0.3) is 11.3 Å². The van der Waals surface area contributed by atoms with E-state index in [2.05, 4.69) is 25.6 Å². The third-order valence-corrected chi connectivity index (χ3v) is 5.30. The lowest BCUT2D eigenvalue weighted by Gasteiger charge is -2.15. The molecule has 8 nitrogen and oxygen atoms in total. The largest absolute Gasteiger partial charge is 0.492 e. The number of rotatable bonds is 8. The van der Waals surface area contributed by atoms with Crippen LogP contribution in [0.3, 0.4) is 0 Å². The highest BCUT2D eigenvalue weighted by molar-refractivity contribution is 6.05. The summed E-state index contributed by atoms with van der Waals surface area (Å²) in [5, 5.41) is 5.75. The Morgan fingerprint density at radius 1 is 1.05 bits per heavy atom. The monoisotopic (exact) mass is 508 g/mol. The lowest BCUT2D eigenvalue weighted by molar-refractivity contribution is -0.137. The Balaban J connectivity index is 1.60.